The zero-order valence-electron chi connectivity index (χ0n) is 14.8. The molecular formula is C18H17ClN4O3S2. The van der Waals surface area contributed by atoms with Crippen LogP contribution in [0.4, 0.5) is 5.69 Å². The van der Waals surface area contributed by atoms with Gasteiger partial charge in [-0.25, -0.2) is 0 Å². The molecule has 0 saturated heterocycles. The first-order chi connectivity index (χ1) is 13.5. The average Bonchev–Trinajstić information content (AvgIpc) is 3.31. The van der Waals surface area contributed by atoms with Crippen LogP contribution in [0.5, 0.6) is 0 Å². The average molecular weight is 437 g/mol. The lowest BCUT2D eigenvalue weighted by Crippen LogP contribution is -2.35. The molecule has 2 heterocycles. The van der Waals surface area contributed by atoms with E-state index >= 15 is 0 Å². The van der Waals surface area contributed by atoms with Crippen LogP contribution in [-0.4, -0.2) is 33.8 Å². The summed E-state index contributed by atoms with van der Waals surface area (Å²) in [5.41, 5.74) is 0.576. The molecule has 0 aliphatic rings. The number of amides is 2. The van der Waals surface area contributed by atoms with Crippen molar-refractivity contribution >= 4 is 52.2 Å². The Kier molecular flexibility index (Phi) is 7.07. The van der Waals surface area contributed by atoms with Crippen LogP contribution < -0.4 is 10.6 Å². The van der Waals surface area contributed by atoms with Crippen molar-refractivity contribution in [1.82, 2.24) is 15.5 Å². The molecule has 0 radical (unpaired) electrons. The van der Waals surface area contributed by atoms with Crippen molar-refractivity contribution in [1.29, 1.82) is 0 Å². The molecule has 1 unspecified atom stereocenters. The molecule has 2 amide bonds. The first kappa shape index (κ1) is 20.4. The lowest BCUT2D eigenvalue weighted by atomic mass is 10.2. The van der Waals surface area contributed by atoms with Gasteiger partial charge in [-0.3, -0.25) is 9.59 Å². The van der Waals surface area contributed by atoms with Gasteiger partial charge in [0.15, 0.2) is 4.34 Å². The minimum absolute atomic E-state index is 0.0484. The van der Waals surface area contributed by atoms with E-state index in [9.17, 15) is 9.59 Å². The Labute approximate surface area is 174 Å². The molecule has 28 heavy (non-hydrogen) atoms. The highest BCUT2D eigenvalue weighted by atomic mass is 35.5. The van der Waals surface area contributed by atoms with Crippen molar-refractivity contribution in [3.05, 3.63) is 58.5 Å². The van der Waals surface area contributed by atoms with Gasteiger partial charge in [-0.05, 0) is 37.3 Å². The van der Waals surface area contributed by atoms with Gasteiger partial charge in [0.25, 0.3) is 5.91 Å². The summed E-state index contributed by atoms with van der Waals surface area (Å²) in [6.07, 6.45) is 2.23. The SMILES string of the molecule is CC(Cc1ccco1)NC(=O)CSc1nnc(C(=O)Nc2cccc(Cl)c2)s1. The van der Waals surface area contributed by atoms with Crippen molar-refractivity contribution in [2.24, 2.45) is 0 Å². The monoisotopic (exact) mass is 436 g/mol. The number of anilines is 1. The Morgan fingerprint density at radius 3 is 2.89 bits per heavy atom. The van der Waals surface area contributed by atoms with E-state index in [1.165, 1.54) is 11.8 Å². The number of hydrogen-bond acceptors (Lipinski definition) is 7. The molecule has 3 rings (SSSR count). The van der Waals surface area contributed by atoms with Gasteiger partial charge in [-0.15, -0.1) is 10.2 Å². The number of carbonyl (C=O) groups is 2. The maximum Gasteiger partial charge on any atom is 0.286 e. The number of hydrogen-bond donors (Lipinski definition) is 2. The summed E-state index contributed by atoms with van der Waals surface area (Å²) in [5.74, 6) is 0.514. The van der Waals surface area contributed by atoms with Crippen molar-refractivity contribution < 1.29 is 14.0 Å². The quantitative estimate of drug-likeness (QED) is 0.520. The van der Waals surface area contributed by atoms with E-state index in [1.54, 1.807) is 30.5 Å². The molecule has 0 saturated carbocycles. The molecule has 0 fully saturated rings. The number of rotatable bonds is 8. The minimum atomic E-state index is -0.372. The molecule has 146 valence electrons. The van der Waals surface area contributed by atoms with Gasteiger partial charge in [0, 0.05) is 23.2 Å². The number of carbonyl (C=O) groups excluding carboxylic acids is 2. The smallest absolute Gasteiger partial charge is 0.286 e. The van der Waals surface area contributed by atoms with Crippen LogP contribution in [-0.2, 0) is 11.2 Å². The molecule has 0 aliphatic carbocycles. The molecule has 10 heteroatoms. The molecule has 3 aromatic rings. The van der Waals surface area contributed by atoms with E-state index in [2.05, 4.69) is 20.8 Å². The van der Waals surface area contributed by atoms with E-state index in [4.69, 9.17) is 16.0 Å². The van der Waals surface area contributed by atoms with Crippen LogP contribution in [0.3, 0.4) is 0 Å². The van der Waals surface area contributed by atoms with Crippen LogP contribution in [0.25, 0.3) is 0 Å². The lowest BCUT2D eigenvalue weighted by Gasteiger charge is -2.11. The first-order valence-corrected chi connectivity index (χ1v) is 10.5. The normalized spacial score (nSPS) is 11.8. The highest BCUT2D eigenvalue weighted by molar-refractivity contribution is 8.01. The third-order valence-corrected chi connectivity index (χ3v) is 5.80. The van der Waals surface area contributed by atoms with Crippen molar-refractivity contribution in [3.63, 3.8) is 0 Å². The molecule has 7 nitrogen and oxygen atoms in total. The van der Waals surface area contributed by atoms with Crippen molar-refractivity contribution in [2.45, 2.75) is 23.7 Å². The highest BCUT2D eigenvalue weighted by Crippen LogP contribution is 2.23. The van der Waals surface area contributed by atoms with E-state index in [-0.39, 0.29) is 28.6 Å². The molecule has 1 atom stereocenters. The maximum atomic E-state index is 12.2. The summed E-state index contributed by atoms with van der Waals surface area (Å²) in [7, 11) is 0. The highest BCUT2D eigenvalue weighted by Gasteiger charge is 2.15. The summed E-state index contributed by atoms with van der Waals surface area (Å²) >= 11 is 8.27. The van der Waals surface area contributed by atoms with E-state index in [0.29, 0.717) is 21.5 Å². The third-order valence-electron chi connectivity index (χ3n) is 3.50. The standard InChI is InChI=1S/C18H17ClN4O3S2/c1-11(8-14-6-3-7-26-14)20-15(24)10-27-18-23-22-17(28-18)16(25)21-13-5-2-4-12(19)9-13/h2-7,9,11H,8,10H2,1H3,(H,20,24)(H,21,25). The minimum Gasteiger partial charge on any atom is -0.469 e. The summed E-state index contributed by atoms with van der Waals surface area (Å²) < 4.78 is 5.82. The number of halogens is 1. The number of aromatic nitrogens is 2. The van der Waals surface area contributed by atoms with E-state index in [1.807, 2.05) is 19.1 Å². The maximum absolute atomic E-state index is 12.2. The second kappa shape index (κ2) is 9.72. The fraction of sp³-hybridized carbons (Fsp3) is 0.222. The van der Waals surface area contributed by atoms with Crippen molar-refractivity contribution in [3.8, 4) is 0 Å². The van der Waals surface area contributed by atoms with Gasteiger partial charge in [-0.1, -0.05) is 40.8 Å². The van der Waals surface area contributed by atoms with Gasteiger partial charge in [0.05, 0.1) is 12.0 Å². The zero-order valence-corrected chi connectivity index (χ0v) is 17.2. The first-order valence-electron chi connectivity index (χ1n) is 8.34. The predicted octanol–water partition coefficient (Wildman–Crippen LogP) is 3.88. The number of nitrogens with zero attached hydrogens (tertiary/aromatic N) is 2. The Bertz CT molecular complexity index is 946. The lowest BCUT2D eigenvalue weighted by molar-refractivity contribution is -0.119. The summed E-state index contributed by atoms with van der Waals surface area (Å²) in [4.78, 5) is 24.3. The Morgan fingerprint density at radius 1 is 1.29 bits per heavy atom. The fourth-order valence-corrected chi connectivity index (χ4v) is 4.08. The summed E-state index contributed by atoms with van der Waals surface area (Å²) in [6.45, 7) is 1.91. The van der Waals surface area contributed by atoms with Crippen LogP contribution in [0.1, 0.15) is 22.5 Å². The second-order valence-corrected chi connectivity index (χ2v) is 8.51. The number of nitrogens with one attached hydrogen (secondary N) is 2. The predicted molar refractivity (Wildman–Crippen MR) is 110 cm³/mol. The number of benzene rings is 1. The Hall–Kier alpha value is -2.36. The largest absolute Gasteiger partial charge is 0.469 e. The topological polar surface area (TPSA) is 97.1 Å². The van der Waals surface area contributed by atoms with Gasteiger partial charge in [-0.2, -0.15) is 0 Å². The van der Waals surface area contributed by atoms with Gasteiger partial charge < -0.3 is 15.1 Å². The fourth-order valence-electron chi connectivity index (χ4n) is 2.34. The van der Waals surface area contributed by atoms with Crippen LogP contribution in [0, 0.1) is 0 Å². The Morgan fingerprint density at radius 2 is 2.14 bits per heavy atom. The molecule has 0 aliphatic heterocycles. The molecular weight excluding hydrogens is 420 g/mol. The second-order valence-electron chi connectivity index (χ2n) is 5.88. The molecule has 0 bridgehead atoms. The van der Waals surface area contributed by atoms with Gasteiger partial charge in [0.2, 0.25) is 10.9 Å². The Balaban J connectivity index is 1.46. The number of furan rings is 1. The van der Waals surface area contributed by atoms with E-state index < -0.39 is 0 Å². The molecule has 1 aromatic carbocycles. The van der Waals surface area contributed by atoms with Gasteiger partial charge >= 0.3 is 0 Å². The van der Waals surface area contributed by atoms with Crippen LogP contribution in [0.15, 0.2) is 51.4 Å². The third kappa shape index (κ3) is 6.08. The van der Waals surface area contributed by atoms with Gasteiger partial charge in [0.1, 0.15) is 5.76 Å². The van der Waals surface area contributed by atoms with Crippen LogP contribution in [0.2, 0.25) is 5.02 Å². The molecule has 2 aromatic heterocycles. The molecule has 0 spiro atoms. The zero-order chi connectivity index (χ0) is 19.9. The van der Waals surface area contributed by atoms with E-state index in [0.717, 1.165) is 17.1 Å². The molecule has 2 N–H and O–H groups in total. The van der Waals surface area contributed by atoms with Crippen LogP contribution >= 0.6 is 34.7 Å². The summed E-state index contributed by atoms with van der Waals surface area (Å²) in [6, 6.07) is 10.5. The summed E-state index contributed by atoms with van der Waals surface area (Å²) in [5, 5.41) is 14.2. The number of thioether (sulfide) groups is 1. The van der Waals surface area contributed by atoms with Crippen molar-refractivity contribution in [2.75, 3.05) is 11.1 Å².